The van der Waals surface area contributed by atoms with Crippen LogP contribution in [-0.2, 0) is 0 Å². The summed E-state index contributed by atoms with van der Waals surface area (Å²) in [4.78, 5) is 6.68. The molecule has 0 aliphatic carbocycles. The van der Waals surface area contributed by atoms with Crippen molar-refractivity contribution < 1.29 is 4.74 Å². The van der Waals surface area contributed by atoms with E-state index in [4.69, 9.17) is 4.74 Å². The van der Waals surface area contributed by atoms with E-state index in [1.807, 2.05) is 18.3 Å². The maximum atomic E-state index is 5.69. The normalized spacial score (nSPS) is 16.8. The van der Waals surface area contributed by atoms with Crippen LogP contribution in [0.2, 0.25) is 0 Å². The van der Waals surface area contributed by atoms with Crippen LogP contribution >= 0.6 is 0 Å². The van der Waals surface area contributed by atoms with E-state index in [1.54, 1.807) is 10.7 Å². The van der Waals surface area contributed by atoms with E-state index >= 15 is 0 Å². The first-order chi connectivity index (χ1) is 9.42. The lowest BCUT2D eigenvalue weighted by Gasteiger charge is -2.26. The number of piperidine rings is 1. The molecule has 5 nitrogen and oxygen atoms in total. The van der Waals surface area contributed by atoms with Crippen LogP contribution < -0.4 is 4.74 Å². The van der Waals surface area contributed by atoms with Gasteiger partial charge in [0, 0.05) is 25.0 Å². The minimum Gasteiger partial charge on any atom is -0.477 e. The van der Waals surface area contributed by atoms with E-state index in [2.05, 4.69) is 15.0 Å². The van der Waals surface area contributed by atoms with Gasteiger partial charge in [-0.2, -0.15) is 0 Å². The first-order valence-electron chi connectivity index (χ1n) is 7.07. The Morgan fingerprint density at radius 1 is 1.16 bits per heavy atom. The lowest BCUT2D eigenvalue weighted by molar-refractivity contribution is 0.202. The summed E-state index contributed by atoms with van der Waals surface area (Å²) in [5.74, 6) is 0.671. The lowest BCUT2D eigenvalue weighted by Crippen LogP contribution is -2.31. The Balaban J connectivity index is 1.43. The molecule has 0 aromatic carbocycles. The molecule has 0 radical (unpaired) electrons. The molecule has 0 unspecified atom stereocenters. The molecule has 0 N–H and O–H groups in total. The first-order valence-corrected chi connectivity index (χ1v) is 7.07. The number of nitrogens with zero attached hydrogens (tertiary/aromatic N) is 4. The van der Waals surface area contributed by atoms with Gasteiger partial charge in [-0.1, -0.05) is 6.42 Å². The molecule has 5 heteroatoms. The lowest BCUT2D eigenvalue weighted by atomic mass is 10.1. The van der Waals surface area contributed by atoms with Crippen LogP contribution in [0.15, 0.2) is 24.5 Å². The summed E-state index contributed by atoms with van der Waals surface area (Å²) < 4.78 is 7.42. The zero-order valence-electron chi connectivity index (χ0n) is 11.2. The van der Waals surface area contributed by atoms with Crippen molar-refractivity contribution in [3.05, 3.63) is 24.5 Å². The Hall–Kier alpha value is -1.62. The van der Waals surface area contributed by atoms with Crippen LogP contribution in [0.3, 0.4) is 0 Å². The van der Waals surface area contributed by atoms with Gasteiger partial charge in [0.25, 0.3) is 0 Å². The monoisotopic (exact) mass is 260 g/mol. The van der Waals surface area contributed by atoms with Crippen molar-refractivity contribution in [2.24, 2.45) is 0 Å². The summed E-state index contributed by atoms with van der Waals surface area (Å²) in [6, 6.07) is 3.80. The second-order valence-electron chi connectivity index (χ2n) is 5.01. The molecule has 102 valence electrons. The fourth-order valence-corrected chi connectivity index (χ4v) is 2.52. The molecule has 1 aliphatic heterocycles. The van der Waals surface area contributed by atoms with Gasteiger partial charge >= 0.3 is 0 Å². The van der Waals surface area contributed by atoms with E-state index in [-0.39, 0.29) is 0 Å². The maximum absolute atomic E-state index is 5.69. The predicted octanol–water partition coefficient (Wildman–Crippen LogP) is 1.98. The van der Waals surface area contributed by atoms with Gasteiger partial charge in [0.05, 0.1) is 6.61 Å². The van der Waals surface area contributed by atoms with Crippen LogP contribution in [0.25, 0.3) is 5.65 Å². The molecule has 2 aromatic heterocycles. The Morgan fingerprint density at radius 2 is 2.05 bits per heavy atom. The van der Waals surface area contributed by atoms with Gasteiger partial charge in [-0.05, 0) is 38.4 Å². The molecule has 0 saturated carbocycles. The number of imidazole rings is 1. The van der Waals surface area contributed by atoms with Crippen LogP contribution in [0.1, 0.15) is 25.7 Å². The van der Waals surface area contributed by atoms with Gasteiger partial charge in [-0.25, -0.2) is 9.50 Å². The van der Waals surface area contributed by atoms with Gasteiger partial charge in [0.15, 0.2) is 5.65 Å². The third-order valence-electron chi connectivity index (χ3n) is 3.55. The molecule has 19 heavy (non-hydrogen) atoms. The molecule has 3 heterocycles. The van der Waals surface area contributed by atoms with E-state index < -0.39 is 0 Å². The molecule has 2 aromatic rings. The van der Waals surface area contributed by atoms with Gasteiger partial charge in [0.2, 0.25) is 5.88 Å². The molecule has 3 rings (SSSR count). The number of rotatable bonds is 5. The number of hydrogen-bond acceptors (Lipinski definition) is 4. The Labute approximate surface area is 113 Å². The van der Waals surface area contributed by atoms with Crippen LogP contribution in [-0.4, -0.2) is 45.7 Å². The van der Waals surface area contributed by atoms with Gasteiger partial charge < -0.3 is 9.64 Å². The Kier molecular flexibility index (Phi) is 3.93. The smallest absolute Gasteiger partial charge is 0.231 e. The largest absolute Gasteiger partial charge is 0.477 e. The number of aromatic nitrogens is 3. The molecule has 1 saturated heterocycles. The number of likely N-dealkylation sites (tertiary alicyclic amines) is 1. The summed E-state index contributed by atoms with van der Waals surface area (Å²) in [5, 5.41) is 4.34. The maximum Gasteiger partial charge on any atom is 0.231 e. The van der Waals surface area contributed by atoms with E-state index in [9.17, 15) is 0 Å². The standard InChI is InChI=1S/C14H20N4O/c1-2-8-17(9-3-1)10-4-12-19-14-6-5-13-15-7-11-18(13)16-14/h5-7,11H,1-4,8-10,12H2. The third kappa shape index (κ3) is 3.23. The fourth-order valence-electron chi connectivity index (χ4n) is 2.52. The quantitative estimate of drug-likeness (QED) is 0.771. The molecule has 0 bridgehead atoms. The molecule has 1 aliphatic rings. The highest BCUT2D eigenvalue weighted by Gasteiger charge is 2.09. The van der Waals surface area contributed by atoms with E-state index in [0.29, 0.717) is 5.88 Å². The molecular weight excluding hydrogens is 240 g/mol. The van der Waals surface area contributed by atoms with Crippen molar-refractivity contribution in [3.8, 4) is 5.88 Å². The second kappa shape index (κ2) is 6.02. The average molecular weight is 260 g/mol. The summed E-state index contributed by atoms with van der Waals surface area (Å²) in [7, 11) is 0. The van der Waals surface area contributed by atoms with Crippen molar-refractivity contribution in [2.45, 2.75) is 25.7 Å². The fraction of sp³-hybridized carbons (Fsp3) is 0.571. The average Bonchev–Trinajstić information content (AvgIpc) is 2.92. The van der Waals surface area contributed by atoms with Gasteiger partial charge in [-0.15, -0.1) is 5.10 Å². The van der Waals surface area contributed by atoms with Crippen molar-refractivity contribution >= 4 is 5.65 Å². The van der Waals surface area contributed by atoms with Crippen molar-refractivity contribution in [1.82, 2.24) is 19.5 Å². The van der Waals surface area contributed by atoms with Crippen molar-refractivity contribution in [1.29, 1.82) is 0 Å². The highest BCUT2D eigenvalue weighted by Crippen LogP contribution is 2.10. The number of hydrogen-bond donors (Lipinski definition) is 0. The third-order valence-corrected chi connectivity index (χ3v) is 3.55. The summed E-state index contributed by atoms with van der Waals surface area (Å²) in [5.41, 5.74) is 0.848. The molecule has 0 amide bonds. The van der Waals surface area contributed by atoms with Crippen LogP contribution in [0, 0.1) is 0 Å². The van der Waals surface area contributed by atoms with E-state index in [1.165, 1.54) is 32.4 Å². The molecule has 0 spiro atoms. The van der Waals surface area contributed by atoms with E-state index in [0.717, 1.165) is 25.2 Å². The Morgan fingerprint density at radius 3 is 2.95 bits per heavy atom. The number of fused-ring (bicyclic) bond motifs is 1. The molecule has 1 fully saturated rings. The van der Waals surface area contributed by atoms with Gasteiger partial charge in [-0.3, -0.25) is 0 Å². The van der Waals surface area contributed by atoms with Crippen molar-refractivity contribution in [3.63, 3.8) is 0 Å². The number of ether oxygens (including phenoxy) is 1. The van der Waals surface area contributed by atoms with Crippen LogP contribution in [0.4, 0.5) is 0 Å². The van der Waals surface area contributed by atoms with Crippen LogP contribution in [0.5, 0.6) is 5.88 Å². The second-order valence-corrected chi connectivity index (χ2v) is 5.01. The van der Waals surface area contributed by atoms with Crippen molar-refractivity contribution in [2.75, 3.05) is 26.2 Å². The minimum atomic E-state index is 0.671. The first kappa shape index (κ1) is 12.4. The molecule has 0 atom stereocenters. The SMILES string of the molecule is c1cn2nc(OCCCN3CCCCC3)ccc2n1. The predicted molar refractivity (Wildman–Crippen MR) is 73.4 cm³/mol. The van der Waals surface area contributed by atoms with Gasteiger partial charge in [0.1, 0.15) is 0 Å². The zero-order valence-corrected chi connectivity index (χ0v) is 11.2. The zero-order chi connectivity index (χ0) is 12.9. The minimum absolute atomic E-state index is 0.671. The topological polar surface area (TPSA) is 42.7 Å². The molecular formula is C14H20N4O. The highest BCUT2D eigenvalue weighted by molar-refractivity contribution is 5.37. The summed E-state index contributed by atoms with van der Waals surface area (Å²) >= 11 is 0. The summed E-state index contributed by atoms with van der Waals surface area (Å²) in [6.07, 6.45) is 8.71. The highest BCUT2D eigenvalue weighted by atomic mass is 16.5. The Bertz CT molecular complexity index is 519. The summed E-state index contributed by atoms with van der Waals surface area (Å²) in [6.45, 7) is 4.36.